The van der Waals surface area contributed by atoms with Gasteiger partial charge in [-0.15, -0.1) is 0 Å². The summed E-state index contributed by atoms with van der Waals surface area (Å²) in [6.07, 6.45) is 3.38. The number of aryl methyl sites for hydroxylation is 1. The van der Waals surface area contributed by atoms with E-state index in [0.717, 1.165) is 11.1 Å². The van der Waals surface area contributed by atoms with Crippen LogP contribution >= 0.6 is 0 Å². The lowest BCUT2D eigenvalue weighted by molar-refractivity contribution is -0.121. The van der Waals surface area contributed by atoms with Gasteiger partial charge in [0.25, 0.3) is 10.0 Å². The molecule has 0 aliphatic carbocycles. The third-order valence-electron chi connectivity index (χ3n) is 4.78. The van der Waals surface area contributed by atoms with Crippen molar-refractivity contribution >= 4 is 21.6 Å². The number of aromatic nitrogens is 1. The van der Waals surface area contributed by atoms with Gasteiger partial charge in [-0.2, -0.15) is 0 Å². The predicted molar refractivity (Wildman–Crippen MR) is 118 cm³/mol. The van der Waals surface area contributed by atoms with Crippen molar-refractivity contribution in [3.8, 4) is 0 Å². The summed E-state index contributed by atoms with van der Waals surface area (Å²) in [7, 11) is -3.80. The molecule has 30 heavy (non-hydrogen) atoms. The fraction of sp³-hybridized carbons (Fsp3) is 0.217. The van der Waals surface area contributed by atoms with Crippen LogP contribution in [0, 0.1) is 6.92 Å². The second kappa shape index (κ2) is 9.54. The predicted octanol–water partition coefficient (Wildman–Crippen LogP) is 3.85. The molecule has 0 saturated heterocycles. The van der Waals surface area contributed by atoms with Gasteiger partial charge in [0.1, 0.15) is 0 Å². The Labute approximate surface area is 177 Å². The number of amides is 1. The average molecular weight is 424 g/mol. The van der Waals surface area contributed by atoms with Crippen LogP contribution in [-0.2, 0) is 14.8 Å². The van der Waals surface area contributed by atoms with Gasteiger partial charge in [-0.3, -0.25) is 14.1 Å². The normalized spacial score (nSPS) is 12.2. The molecule has 0 saturated carbocycles. The molecular weight excluding hydrogens is 398 g/mol. The van der Waals surface area contributed by atoms with E-state index < -0.39 is 10.0 Å². The number of benzene rings is 2. The van der Waals surface area contributed by atoms with Crippen LogP contribution in [0.2, 0.25) is 0 Å². The highest BCUT2D eigenvalue weighted by molar-refractivity contribution is 7.92. The Morgan fingerprint density at radius 1 is 1.00 bits per heavy atom. The van der Waals surface area contributed by atoms with Crippen LogP contribution in [0.4, 0.5) is 5.69 Å². The second-order valence-corrected chi connectivity index (χ2v) is 8.91. The minimum absolute atomic E-state index is 0.0368. The van der Waals surface area contributed by atoms with Gasteiger partial charge in [0.05, 0.1) is 16.6 Å². The highest BCUT2D eigenvalue weighted by Crippen LogP contribution is 2.24. The van der Waals surface area contributed by atoms with Gasteiger partial charge in [0.2, 0.25) is 5.91 Å². The van der Waals surface area contributed by atoms with Crippen molar-refractivity contribution in [3.63, 3.8) is 0 Å². The standard InChI is InChI=1S/C23H25N3O3S/c1-18-8-10-22(11-9-18)30(28,29)26(21-6-4-3-5-7-21)17-14-23(27)25-19(2)20-12-15-24-16-13-20/h3-13,15-16,19H,14,17H2,1-2H3,(H,25,27). The third-order valence-corrected chi connectivity index (χ3v) is 6.62. The summed E-state index contributed by atoms with van der Waals surface area (Å²) >= 11 is 0. The third kappa shape index (κ3) is 5.24. The van der Waals surface area contributed by atoms with Crippen molar-refractivity contribution in [2.75, 3.05) is 10.8 Å². The van der Waals surface area contributed by atoms with Gasteiger partial charge in [-0.1, -0.05) is 35.9 Å². The molecule has 156 valence electrons. The minimum atomic E-state index is -3.80. The number of pyridine rings is 1. The Morgan fingerprint density at radius 2 is 1.63 bits per heavy atom. The molecule has 1 atom stereocenters. The first kappa shape index (κ1) is 21.5. The van der Waals surface area contributed by atoms with E-state index in [4.69, 9.17) is 0 Å². The molecular formula is C23H25N3O3S. The first-order chi connectivity index (χ1) is 14.4. The number of anilines is 1. The van der Waals surface area contributed by atoms with E-state index in [9.17, 15) is 13.2 Å². The Kier molecular flexibility index (Phi) is 6.84. The van der Waals surface area contributed by atoms with Crippen molar-refractivity contribution in [1.82, 2.24) is 10.3 Å². The van der Waals surface area contributed by atoms with Crippen LogP contribution in [0.15, 0.2) is 84.0 Å². The first-order valence-electron chi connectivity index (χ1n) is 9.71. The maximum absolute atomic E-state index is 13.3. The lowest BCUT2D eigenvalue weighted by Crippen LogP contribution is -2.36. The zero-order valence-electron chi connectivity index (χ0n) is 17.0. The Morgan fingerprint density at radius 3 is 2.27 bits per heavy atom. The van der Waals surface area contributed by atoms with Crippen molar-refractivity contribution in [1.29, 1.82) is 0 Å². The smallest absolute Gasteiger partial charge is 0.264 e. The minimum Gasteiger partial charge on any atom is -0.350 e. The lowest BCUT2D eigenvalue weighted by atomic mass is 10.1. The molecule has 3 rings (SSSR count). The zero-order valence-corrected chi connectivity index (χ0v) is 17.8. The molecule has 0 aliphatic rings. The average Bonchev–Trinajstić information content (AvgIpc) is 2.75. The van der Waals surface area contributed by atoms with E-state index in [-0.39, 0.29) is 29.8 Å². The number of hydrogen-bond donors (Lipinski definition) is 1. The van der Waals surface area contributed by atoms with Crippen LogP contribution in [0.1, 0.15) is 30.5 Å². The molecule has 6 nitrogen and oxygen atoms in total. The summed E-state index contributed by atoms with van der Waals surface area (Å²) in [4.78, 5) is 16.7. The summed E-state index contributed by atoms with van der Waals surface area (Å²) in [5.41, 5.74) is 2.43. The Hall–Kier alpha value is -3.19. The summed E-state index contributed by atoms with van der Waals surface area (Å²) < 4.78 is 27.9. The van der Waals surface area contributed by atoms with Crippen molar-refractivity contribution in [3.05, 3.63) is 90.3 Å². The first-order valence-corrected chi connectivity index (χ1v) is 11.2. The summed E-state index contributed by atoms with van der Waals surface area (Å²) in [5.74, 6) is -0.223. The Balaban J connectivity index is 1.77. The maximum atomic E-state index is 13.3. The number of carbonyl (C=O) groups is 1. The lowest BCUT2D eigenvalue weighted by Gasteiger charge is -2.25. The highest BCUT2D eigenvalue weighted by Gasteiger charge is 2.25. The number of sulfonamides is 1. The van der Waals surface area contributed by atoms with E-state index in [2.05, 4.69) is 10.3 Å². The summed E-state index contributed by atoms with van der Waals surface area (Å²) in [6, 6.07) is 19.0. The molecule has 1 heterocycles. The van der Waals surface area contributed by atoms with Gasteiger partial charge in [0.15, 0.2) is 0 Å². The second-order valence-electron chi connectivity index (χ2n) is 7.05. The number of nitrogens with one attached hydrogen (secondary N) is 1. The molecule has 1 amide bonds. The SMILES string of the molecule is Cc1ccc(S(=O)(=O)N(CCC(=O)NC(C)c2ccncc2)c2ccccc2)cc1. The number of rotatable bonds is 8. The highest BCUT2D eigenvalue weighted by atomic mass is 32.2. The number of carbonyl (C=O) groups excluding carboxylic acids is 1. The van der Waals surface area contributed by atoms with Crippen molar-refractivity contribution < 1.29 is 13.2 Å². The van der Waals surface area contributed by atoms with Crippen LogP contribution in [0.3, 0.4) is 0 Å². The van der Waals surface area contributed by atoms with Gasteiger partial charge < -0.3 is 5.32 Å². The van der Waals surface area contributed by atoms with Crippen molar-refractivity contribution in [2.45, 2.75) is 31.2 Å². The van der Waals surface area contributed by atoms with Crippen LogP contribution in [0.25, 0.3) is 0 Å². The van der Waals surface area contributed by atoms with E-state index in [1.807, 2.05) is 32.0 Å². The summed E-state index contributed by atoms with van der Waals surface area (Å²) in [6.45, 7) is 3.82. The van der Waals surface area contributed by atoms with Crippen molar-refractivity contribution in [2.24, 2.45) is 0 Å². The van der Waals surface area contributed by atoms with Gasteiger partial charge in [-0.05, 0) is 55.8 Å². The molecule has 1 N–H and O–H groups in total. The van der Waals surface area contributed by atoms with E-state index >= 15 is 0 Å². The van der Waals surface area contributed by atoms with Gasteiger partial charge >= 0.3 is 0 Å². The van der Waals surface area contributed by atoms with Crippen LogP contribution < -0.4 is 9.62 Å². The fourth-order valence-corrected chi connectivity index (χ4v) is 4.54. The maximum Gasteiger partial charge on any atom is 0.264 e. The van der Waals surface area contributed by atoms with Crippen LogP contribution in [-0.4, -0.2) is 25.9 Å². The molecule has 0 radical (unpaired) electrons. The molecule has 1 aromatic heterocycles. The fourth-order valence-electron chi connectivity index (χ4n) is 3.07. The van der Waals surface area contributed by atoms with E-state index in [1.54, 1.807) is 60.9 Å². The zero-order chi connectivity index (χ0) is 21.6. The molecule has 1 unspecified atom stereocenters. The molecule has 3 aromatic rings. The molecule has 0 bridgehead atoms. The van der Waals surface area contributed by atoms with Gasteiger partial charge in [-0.25, -0.2) is 8.42 Å². The van der Waals surface area contributed by atoms with E-state index in [0.29, 0.717) is 5.69 Å². The van der Waals surface area contributed by atoms with Crippen LogP contribution in [0.5, 0.6) is 0 Å². The number of hydrogen-bond acceptors (Lipinski definition) is 4. The topological polar surface area (TPSA) is 79.4 Å². The number of nitrogens with zero attached hydrogens (tertiary/aromatic N) is 2. The van der Waals surface area contributed by atoms with E-state index in [1.165, 1.54) is 4.31 Å². The molecule has 2 aromatic carbocycles. The van der Waals surface area contributed by atoms with Gasteiger partial charge in [0, 0.05) is 25.4 Å². The molecule has 0 aliphatic heterocycles. The largest absolute Gasteiger partial charge is 0.350 e. The Bertz CT molecular complexity index is 1070. The number of para-hydroxylation sites is 1. The summed E-state index contributed by atoms with van der Waals surface area (Å²) in [5, 5.41) is 2.91. The quantitative estimate of drug-likeness (QED) is 0.597. The molecule has 0 fully saturated rings. The molecule has 7 heteroatoms. The monoisotopic (exact) mass is 423 g/mol. The molecule has 0 spiro atoms.